The zero-order valence-electron chi connectivity index (χ0n) is 16.1. The molecule has 1 amide bonds. The van der Waals surface area contributed by atoms with Gasteiger partial charge in [0.15, 0.2) is 16.5 Å². The number of nitrogens with zero attached hydrogens (tertiary/aromatic N) is 4. The van der Waals surface area contributed by atoms with Gasteiger partial charge in [0.25, 0.3) is 5.91 Å². The van der Waals surface area contributed by atoms with E-state index in [1.807, 2.05) is 17.5 Å². The van der Waals surface area contributed by atoms with Crippen molar-refractivity contribution in [2.45, 2.75) is 25.7 Å². The van der Waals surface area contributed by atoms with Crippen LogP contribution in [0.15, 0.2) is 29.9 Å². The summed E-state index contributed by atoms with van der Waals surface area (Å²) in [6.45, 7) is 1.12. The van der Waals surface area contributed by atoms with Gasteiger partial charge in [-0.1, -0.05) is 0 Å². The van der Waals surface area contributed by atoms with E-state index in [1.165, 1.54) is 16.0 Å². The second-order valence-electron chi connectivity index (χ2n) is 6.84. The molecule has 0 atom stereocenters. The van der Waals surface area contributed by atoms with Crippen molar-refractivity contribution in [3.63, 3.8) is 0 Å². The fraction of sp³-hybridized carbons (Fsp3) is 0.350. The van der Waals surface area contributed by atoms with Crippen LogP contribution < -0.4 is 5.32 Å². The number of aromatic nitrogens is 4. The van der Waals surface area contributed by atoms with Crippen molar-refractivity contribution in [2.75, 3.05) is 18.5 Å². The minimum absolute atomic E-state index is 0.121. The van der Waals surface area contributed by atoms with Gasteiger partial charge < -0.3 is 10.1 Å². The number of Topliss-reactive ketones (excluding diaryl/α,β-unsaturated/α-hetero) is 1. The van der Waals surface area contributed by atoms with Crippen LogP contribution in [0.5, 0.6) is 0 Å². The number of aryl methyl sites for hydroxylation is 2. The first-order valence-electron chi connectivity index (χ1n) is 9.47. The number of ether oxygens (including phenoxy) is 1. The second kappa shape index (κ2) is 8.62. The molecule has 1 N–H and O–H groups in total. The minimum Gasteiger partial charge on any atom is -0.381 e. The lowest BCUT2D eigenvalue weighted by Gasteiger charge is -2.06. The summed E-state index contributed by atoms with van der Waals surface area (Å²) >= 11 is 1.26. The molecule has 3 aromatic rings. The highest BCUT2D eigenvalue weighted by atomic mass is 32.1. The van der Waals surface area contributed by atoms with Crippen LogP contribution in [0.3, 0.4) is 0 Å². The van der Waals surface area contributed by atoms with Crippen LogP contribution in [0.25, 0.3) is 11.3 Å². The van der Waals surface area contributed by atoms with Gasteiger partial charge in [0.2, 0.25) is 0 Å². The van der Waals surface area contributed by atoms with Gasteiger partial charge in [-0.3, -0.25) is 19.3 Å². The predicted octanol–water partition coefficient (Wildman–Crippen LogP) is 3.12. The monoisotopic (exact) mass is 411 g/mol. The van der Waals surface area contributed by atoms with Crippen molar-refractivity contribution >= 4 is 28.7 Å². The molecule has 0 aromatic carbocycles. The van der Waals surface area contributed by atoms with Crippen LogP contribution in [0.2, 0.25) is 0 Å². The highest BCUT2D eigenvalue weighted by Gasteiger charge is 2.20. The fourth-order valence-electron chi connectivity index (χ4n) is 3.16. The van der Waals surface area contributed by atoms with Crippen molar-refractivity contribution in [1.29, 1.82) is 0 Å². The third-order valence-corrected chi connectivity index (χ3v) is 5.41. The molecule has 0 saturated carbocycles. The van der Waals surface area contributed by atoms with Gasteiger partial charge in [-0.25, -0.2) is 4.98 Å². The average molecular weight is 411 g/mol. The third-order valence-electron chi connectivity index (χ3n) is 4.57. The summed E-state index contributed by atoms with van der Waals surface area (Å²) in [4.78, 5) is 34.1. The Labute approximate surface area is 171 Å². The van der Waals surface area contributed by atoms with Crippen LogP contribution in [0, 0.1) is 0 Å². The maximum atomic E-state index is 12.7. The average Bonchev–Trinajstić information content (AvgIpc) is 3.34. The minimum atomic E-state index is -0.359. The van der Waals surface area contributed by atoms with Crippen LogP contribution >= 0.6 is 11.3 Å². The van der Waals surface area contributed by atoms with Crippen molar-refractivity contribution in [2.24, 2.45) is 7.05 Å². The second-order valence-corrected chi connectivity index (χ2v) is 7.69. The first kappa shape index (κ1) is 19.4. The predicted molar refractivity (Wildman–Crippen MR) is 109 cm³/mol. The largest absolute Gasteiger partial charge is 0.381 e. The number of carbonyl (C=O) groups excluding carboxylic acids is 2. The van der Waals surface area contributed by atoms with E-state index in [0.717, 1.165) is 29.8 Å². The lowest BCUT2D eigenvalue weighted by molar-refractivity contribution is 0.0931. The molecule has 0 radical (unpaired) electrons. The van der Waals surface area contributed by atoms with E-state index in [0.29, 0.717) is 36.8 Å². The molecule has 1 aliphatic rings. The summed E-state index contributed by atoms with van der Waals surface area (Å²) < 4.78 is 7.17. The van der Waals surface area contributed by atoms with Crippen molar-refractivity contribution in [3.8, 4) is 11.3 Å². The molecule has 4 rings (SSSR count). The number of nitrogens with one attached hydrogen (secondary N) is 1. The molecule has 4 bridgehead atoms. The standard InChI is InChI=1S/C20H21N5O3S/c1-25-11-15-18(24-25)17(26)5-3-9-28-8-2-4-14-10-13(6-7-21-14)16-12-29-20(23-16)19(27)22-15/h6-7,10-12H,2-5,8-9H2,1H3,(H,22,27). The lowest BCUT2D eigenvalue weighted by atomic mass is 10.1. The van der Waals surface area contributed by atoms with Crippen molar-refractivity contribution < 1.29 is 14.3 Å². The maximum Gasteiger partial charge on any atom is 0.284 e. The molecule has 3 aromatic heterocycles. The summed E-state index contributed by atoms with van der Waals surface area (Å²) in [5, 5.41) is 9.18. The molecule has 1 aliphatic heterocycles. The number of ketones is 1. The first-order valence-corrected chi connectivity index (χ1v) is 10.3. The Balaban J connectivity index is 1.64. The highest BCUT2D eigenvalue weighted by molar-refractivity contribution is 7.12. The number of hydrogen-bond donors (Lipinski definition) is 1. The van der Waals surface area contributed by atoms with Gasteiger partial charge in [0.05, 0.1) is 11.4 Å². The van der Waals surface area contributed by atoms with E-state index in [4.69, 9.17) is 4.74 Å². The Morgan fingerprint density at radius 3 is 2.90 bits per heavy atom. The number of pyridine rings is 1. The Morgan fingerprint density at radius 1 is 1.21 bits per heavy atom. The summed E-state index contributed by atoms with van der Waals surface area (Å²) in [5.74, 6) is -0.480. The summed E-state index contributed by atoms with van der Waals surface area (Å²) in [5.41, 5.74) is 3.26. The Hall–Kier alpha value is -2.91. The van der Waals surface area contributed by atoms with Crippen LogP contribution in [-0.4, -0.2) is 44.7 Å². The molecule has 0 fully saturated rings. The quantitative estimate of drug-likeness (QED) is 0.610. The molecule has 29 heavy (non-hydrogen) atoms. The van der Waals surface area contributed by atoms with Gasteiger partial charge in [0, 0.05) is 55.7 Å². The van der Waals surface area contributed by atoms with Gasteiger partial charge in [-0.15, -0.1) is 11.3 Å². The first-order chi connectivity index (χ1) is 14.1. The van der Waals surface area contributed by atoms with Crippen LogP contribution in [0.1, 0.15) is 45.2 Å². The molecule has 0 saturated heterocycles. The molecule has 150 valence electrons. The summed E-state index contributed by atoms with van der Waals surface area (Å²) in [7, 11) is 1.72. The van der Waals surface area contributed by atoms with Gasteiger partial charge in [0.1, 0.15) is 0 Å². The molecular formula is C20H21N5O3S. The van der Waals surface area contributed by atoms with Gasteiger partial charge in [-0.05, 0) is 31.4 Å². The molecule has 0 unspecified atom stereocenters. The maximum absolute atomic E-state index is 12.7. The van der Waals surface area contributed by atoms with Crippen molar-refractivity contribution in [3.05, 3.63) is 46.3 Å². The molecule has 9 heteroatoms. The molecule has 0 aliphatic carbocycles. The normalized spacial score (nSPS) is 15.9. The number of amides is 1. The summed E-state index contributed by atoms with van der Waals surface area (Å²) in [6, 6.07) is 3.88. The van der Waals surface area contributed by atoms with E-state index in [9.17, 15) is 9.59 Å². The third kappa shape index (κ3) is 4.57. The highest BCUT2D eigenvalue weighted by Crippen LogP contribution is 2.24. The van der Waals surface area contributed by atoms with Crippen LogP contribution in [0.4, 0.5) is 5.69 Å². The molecule has 4 heterocycles. The lowest BCUT2D eigenvalue weighted by Crippen LogP contribution is -2.14. The number of fused-ring (bicyclic) bond motifs is 6. The topological polar surface area (TPSA) is 99.0 Å². The van der Waals surface area contributed by atoms with E-state index < -0.39 is 0 Å². The zero-order chi connectivity index (χ0) is 20.2. The number of rotatable bonds is 0. The SMILES string of the molecule is Cn1cc2c(n1)C(=O)CCCOCCCc1cc(ccn1)-c1csc(n1)C(=O)N2. The number of hydrogen-bond acceptors (Lipinski definition) is 7. The zero-order valence-corrected chi connectivity index (χ0v) is 16.9. The van der Waals surface area contributed by atoms with E-state index >= 15 is 0 Å². The van der Waals surface area contributed by atoms with Crippen molar-refractivity contribution in [1.82, 2.24) is 19.7 Å². The van der Waals surface area contributed by atoms with Gasteiger partial charge >= 0.3 is 0 Å². The summed E-state index contributed by atoms with van der Waals surface area (Å²) in [6.07, 6.45) is 5.94. The van der Waals surface area contributed by atoms with Crippen LogP contribution in [-0.2, 0) is 18.2 Å². The Morgan fingerprint density at radius 2 is 2.03 bits per heavy atom. The Bertz CT molecular complexity index is 1040. The number of carbonyl (C=O) groups is 2. The van der Waals surface area contributed by atoms with Gasteiger partial charge in [-0.2, -0.15) is 5.10 Å². The fourth-order valence-corrected chi connectivity index (χ4v) is 3.88. The molecule has 8 nitrogen and oxygen atoms in total. The molecular weight excluding hydrogens is 390 g/mol. The molecule has 0 spiro atoms. The number of thiazole rings is 1. The number of anilines is 1. The van der Waals surface area contributed by atoms with E-state index in [1.54, 1.807) is 19.4 Å². The smallest absolute Gasteiger partial charge is 0.284 e. The Kier molecular flexibility index (Phi) is 5.77. The van der Waals surface area contributed by atoms with E-state index in [-0.39, 0.29) is 17.4 Å². The van der Waals surface area contributed by atoms with E-state index in [2.05, 4.69) is 20.4 Å².